The molecule has 2 heterocycles. The van der Waals surface area contributed by atoms with Crippen LogP contribution >= 0.6 is 11.8 Å². The van der Waals surface area contributed by atoms with Crippen molar-refractivity contribution in [1.29, 1.82) is 0 Å². The number of thioether (sulfide) groups is 1. The molecule has 3 aromatic rings. The van der Waals surface area contributed by atoms with Crippen LogP contribution in [0.4, 0.5) is 10.5 Å². The quantitative estimate of drug-likeness (QED) is 0.293. The molecule has 4 aliphatic carbocycles. The van der Waals surface area contributed by atoms with Gasteiger partial charge in [-0.3, -0.25) is 0 Å². The number of amides is 2. The van der Waals surface area contributed by atoms with Gasteiger partial charge in [-0.15, -0.1) is 5.10 Å². The maximum absolute atomic E-state index is 13.3. The van der Waals surface area contributed by atoms with Crippen LogP contribution in [0.1, 0.15) is 74.5 Å². The van der Waals surface area contributed by atoms with Crippen molar-refractivity contribution in [1.82, 2.24) is 25.5 Å². The lowest BCUT2D eigenvalue weighted by Gasteiger charge is -2.56. The Morgan fingerprint density at radius 3 is 2.42 bits per heavy atom. The number of nitrogens with one attached hydrogen (secondary N) is 2. The van der Waals surface area contributed by atoms with E-state index < -0.39 is 6.29 Å². The smallest absolute Gasteiger partial charge is 0.319 e. The molecule has 5 fully saturated rings. The van der Waals surface area contributed by atoms with Crippen molar-refractivity contribution in [2.45, 2.75) is 81.2 Å². The van der Waals surface area contributed by atoms with E-state index >= 15 is 0 Å². The third kappa shape index (κ3) is 6.05. The second-order valence-electron chi connectivity index (χ2n) is 13.1. The molecular weight excluding hydrogens is 564 g/mol. The molecule has 3 N–H and O–H groups in total. The largest absolute Gasteiger partial charge is 0.392 e. The van der Waals surface area contributed by atoms with Gasteiger partial charge in [0.1, 0.15) is 0 Å². The van der Waals surface area contributed by atoms with E-state index in [2.05, 4.69) is 33.1 Å². The van der Waals surface area contributed by atoms with E-state index in [9.17, 15) is 9.90 Å². The van der Waals surface area contributed by atoms with E-state index in [1.54, 1.807) is 16.4 Å². The van der Waals surface area contributed by atoms with Gasteiger partial charge in [0.05, 0.1) is 18.8 Å². The van der Waals surface area contributed by atoms with Crippen molar-refractivity contribution in [2.24, 2.45) is 30.7 Å². The van der Waals surface area contributed by atoms with Crippen molar-refractivity contribution in [2.75, 3.05) is 11.1 Å². The first kappa shape index (κ1) is 28.8. The number of carbonyl (C=O) groups is 1. The molecule has 43 heavy (non-hydrogen) atoms. The molecule has 11 heteroatoms. The van der Waals surface area contributed by atoms with E-state index in [-0.39, 0.29) is 36.3 Å². The van der Waals surface area contributed by atoms with Gasteiger partial charge in [0.2, 0.25) is 5.16 Å². The fraction of sp³-hybridized carbons (Fsp3) is 0.562. The van der Waals surface area contributed by atoms with Crippen molar-refractivity contribution >= 4 is 23.5 Å². The summed E-state index contributed by atoms with van der Waals surface area (Å²) in [6, 6.07) is 15.5. The molecule has 228 valence electrons. The Kier molecular flexibility index (Phi) is 7.92. The molecule has 5 aliphatic rings. The summed E-state index contributed by atoms with van der Waals surface area (Å²) in [5.74, 6) is 2.98. The number of aromatic nitrogens is 4. The fourth-order valence-corrected chi connectivity index (χ4v) is 9.25. The number of benzene rings is 2. The minimum absolute atomic E-state index is 0.00563. The summed E-state index contributed by atoms with van der Waals surface area (Å²) in [6.07, 6.45) is 6.33. The third-order valence-electron chi connectivity index (χ3n) is 9.91. The third-order valence-corrected chi connectivity index (χ3v) is 11.0. The van der Waals surface area contributed by atoms with Crippen molar-refractivity contribution in [3.63, 3.8) is 0 Å². The van der Waals surface area contributed by atoms with Crippen LogP contribution in [-0.2, 0) is 23.1 Å². The van der Waals surface area contributed by atoms with Crippen LogP contribution in [0.2, 0.25) is 0 Å². The number of aryl methyl sites for hydroxylation is 1. The molecule has 2 amide bonds. The molecule has 0 radical (unpaired) electrons. The average Bonchev–Trinajstić information content (AvgIpc) is 3.40. The second kappa shape index (κ2) is 11.8. The van der Waals surface area contributed by atoms with Gasteiger partial charge in [-0.2, -0.15) is 0 Å². The normalized spacial score (nSPS) is 33.0. The lowest BCUT2D eigenvalue weighted by molar-refractivity contribution is -0.268. The number of tetrazole rings is 1. The first-order valence-corrected chi connectivity index (χ1v) is 16.4. The van der Waals surface area contributed by atoms with Crippen LogP contribution in [0.25, 0.3) is 0 Å². The number of aliphatic hydroxyl groups is 1. The van der Waals surface area contributed by atoms with Crippen LogP contribution in [0, 0.1) is 23.7 Å². The van der Waals surface area contributed by atoms with E-state index in [0.29, 0.717) is 11.4 Å². The number of aliphatic hydroxyl groups excluding tert-OH is 1. The molecule has 4 saturated carbocycles. The molecule has 0 spiro atoms. The minimum Gasteiger partial charge on any atom is -0.392 e. The van der Waals surface area contributed by atoms with Crippen molar-refractivity contribution in [3.05, 3.63) is 65.2 Å². The highest BCUT2D eigenvalue weighted by molar-refractivity contribution is 7.99. The first-order valence-electron chi connectivity index (χ1n) is 15.4. The summed E-state index contributed by atoms with van der Waals surface area (Å²) in [4.78, 5) is 13.3. The van der Waals surface area contributed by atoms with Gasteiger partial charge in [0.25, 0.3) is 0 Å². The molecule has 4 bridgehead atoms. The number of hydrogen-bond acceptors (Lipinski definition) is 8. The van der Waals surface area contributed by atoms with E-state index in [0.717, 1.165) is 58.9 Å². The van der Waals surface area contributed by atoms with Crippen molar-refractivity contribution in [3.8, 4) is 0 Å². The Morgan fingerprint density at radius 1 is 1.05 bits per heavy atom. The van der Waals surface area contributed by atoms with Crippen LogP contribution in [0.3, 0.4) is 0 Å². The zero-order chi connectivity index (χ0) is 29.6. The monoisotopic (exact) mass is 604 g/mol. The lowest BCUT2D eigenvalue weighted by Crippen LogP contribution is -2.60. The van der Waals surface area contributed by atoms with Gasteiger partial charge in [-0.1, -0.05) is 55.1 Å². The Labute approximate surface area is 256 Å². The summed E-state index contributed by atoms with van der Waals surface area (Å²) in [5, 5.41) is 28.6. The predicted molar refractivity (Wildman–Crippen MR) is 162 cm³/mol. The highest BCUT2D eigenvalue weighted by Gasteiger charge is 2.51. The number of rotatable bonds is 8. The number of nitrogens with zero attached hydrogens (tertiary/aromatic N) is 4. The number of anilines is 1. The number of hydrogen-bond donors (Lipinski definition) is 3. The number of urea groups is 1. The SMILES string of the molecule is C[C@@H]1[C@H](CSc2nnnn2C)O[C@H](c2cccc(NC(=O)NC34CC5CC(CC(C5)C3)C4)c2)O[C@@H]1c1ccc(CO)cc1. The fourth-order valence-electron chi connectivity index (χ4n) is 8.24. The molecule has 4 atom stereocenters. The Bertz CT molecular complexity index is 1410. The number of ether oxygens (including phenoxy) is 2. The van der Waals surface area contributed by atoms with Crippen molar-refractivity contribution < 1.29 is 19.4 Å². The molecule has 1 saturated heterocycles. The molecule has 1 aromatic heterocycles. The van der Waals surface area contributed by atoms with E-state index in [1.165, 1.54) is 19.3 Å². The zero-order valence-electron chi connectivity index (χ0n) is 24.7. The van der Waals surface area contributed by atoms with Crippen LogP contribution in [0.5, 0.6) is 0 Å². The second-order valence-corrected chi connectivity index (χ2v) is 14.1. The summed E-state index contributed by atoms with van der Waals surface area (Å²) >= 11 is 1.55. The van der Waals surface area contributed by atoms with Gasteiger partial charge in [0.15, 0.2) is 6.29 Å². The Balaban J connectivity index is 1.08. The predicted octanol–water partition coefficient (Wildman–Crippen LogP) is 5.38. The van der Waals surface area contributed by atoms with Crippen LogP contribution in [0.15, 0.2) is 53.7 Å². The van der Waals surface area contributed by atoms with Crippen LogP contribution in [-0.4, -0.2) is 48.7 Å². The van der Waals surface area contributed by atoms with Gasteiger partial charge in [-0.25, -0.2) is 9.48 Å². The maximum Gasteiger partial charge on any atom is 0.319 e. The minimum atomic E-state index is -0.630. The first-order chi connectivity index (χ1) is 20.9. The van der Waals surface area contributed by atoms with Gasteiger partial charge in [-0.05, 0) is 90.0 Å². The Hall–Kier alpha value is -2.99. The molecule has 1 aliphatic heterocycles. The highest BCUT2D eigenvalue weighted by Crippen LogP contribution is 2.55. The molecule has 8 rings (SSSR count). The summed E-state index contributed by atoms with van der Waals surface area (Å²) in [7, 11) is 1.82. The molecule has 10 nitrogen and oxygen atoms in total. The van der Waals surface area contributed by atoms with E-state index in [1.807, 2.05) is 55.6 Å². The average molecular weight is 605 g/mol. The topological polar surface area (TPSA) is 123 Å². The van der Waals surface area contributed by atoms with E-state index in [4.69, 9.17) is 9.47 Å². The van der Waals surface area contributed by atoms with Gasteiger partial charge >= 0.3 is 6.03 Å². The summed E-state index contributed by atoms with van der Waals surface area (Å²) in [5.41, 5.74) is 3.38. The number of carbonyl (C=O) groups excluding carboxylic acids is 1. The molecular formula is C32H40N6O4S. The van der Waals surface area contributed by atoms with Gasteiger partial charge in [0, 0.05) is 35.5 Å². The van der Waals surface area contributed by atoms with Crippen LogP contribution < -0.4 is 10.6 Å². The maximum atomic E-state index is 13.3. The highest BCUT2D eigenvalue weighted by atomic mass is 32.2. The standard InChI is InChI=1S/C32H40N6O4S/c1-19-27(18-43-31-35-36-37-38(31)2)41-29(42-28(19)24-8-6-20(17-39)7-9-24)25-4-3-5-26(13-25)33-30(40)34-32-14-21-10-22(15-32)12-23(11-21)16-32/h3-9,13,19,21-23,27-29,39H,10-12,14-18H2,1-2H3,(H2,33,34,40)/t19-,21?,22?,23?,27+,28+,29+,32?/m1/s1. The molecule has 0 unspecified atom stereocenters. The van der Waals surface area contributed by atoms with Gasteiger partial charge < -0.3 is 25.2 Å². The Morgan fingerprint density at radius 2 is 1.77 bits per heavy atom. The zero-order valence-corrected chi connectivity index (χ0v) is 25.5. The lowest BCUT2D eigenvalue weighted by atomic mass is 9.53. The molecule has 2 aromatic carbocycles. The summed E-state index contributed by atoms with van der Waals surface area (Å²) in [6.45, 7) is 2.13. The summed E-state index contributed by atoms with van der Waals surface area (Å²) < 4.78 is 14.9.